The highest BCUT2D eigenvalue weighted by Crippen LogP contribution is 2.25. The van der Waals surface area contributed by atoms with Crippen molar-refractivity contribution in [3.63, 3.8) is 0 Å². The molecule has 1 aromatic carbocycles. The average molecular weight is 460 g/mol. The van der Waals surface area contributed by atoms with Crippen molar-refractivity contribution in [3.05, 3.63) is 65.6 Å². The van der Waals surface area contributed by atoms with Gasteiger partial charge in [-0.25, -0.2) is 4.79 Å². The van der Waals surface area contributed by atoms with Gasteiger partial charge in [-0.2, -0.15) is 13.2 Å². The molecule has 172 valence electrons. The molecule has 1 aliphatic rings. The van der Waals surface area contributed by atoms with E-state index >= 15 is 0 Å². The zero-order valence-electron chi connectivity index (χ0n) is 16.2. The maximum absolute atomic E-state index is 12.2. The smallest absolute Gasteiger partial charge is 0.573 e. The van der Waals surface area contributed by atoms with Gasteiger partial charge < -0.3 is 14.6 Å². The van der Waals surface area contributed by atoms with Crippen molar-refractivity contribution in [2.24, 2.45) is 10.9 Å². The van der Waals surface area contributed by atoms with Gasteiger partial charge in [-0.3, -0.25) is 4.99 Å². The highest BCUT2D eigenvalue weighted by atomic mass is 19.4. The van der Waals surface area contributed by atoms with E-state index in [2.05, 4.69) is 9.73 Å². The van der Waals surface area contributed by atoms with Crippen LogP contribution in [0.4, 0.5) is 26.3 Å². The van der Waals surface area contributed by atoms with Gasteiger partial charge in [-0.1, -0.05) is 18.2 Å². The molecule has 0 aliphatic heterocycles. The molecule has 5 nitrogen and oxygen atoms in total. The third-order valence-electron chi connectivity index (χ3n) is 3.93. The Hall–Kier alpha value is -3.46. The third-order valence-corrected chi connectivity index (χ3v) is 3.93. The average Bonchev–Trinajstić information content (AvgIpc) is 2.70. The molecule has 0 amide bonds. The first-order valence-electron chi connectivity index (χ1n) is 9.08. The number of ether oxygens (including phenoxy) is 2. The predicted octanol–water partition coefficient (Wildman–Crippen LogP) is 4.50. The molecule has 2 rings (SSSR count). The summed E-state index contributed by atoms with van der Waals surface area (Å²) in [5.41, 5.74) is 0.338. The molecule has 11 heteroatoms. The fourth-order valence-corrected chi connectivity index (χ4v) is 2.50. The zero-order valence-corrected chi connectivity index (χ0v) is 16.2. The SMILES string of the molecule is O=C=C1C=C(OCCCC(F)(F)F)C=CC1C([O-])=NC=Cc1ccc(OC(F)(F)F)cc1. The van der Waals surface area contributed by atoms with Gasteiger partial charge in [0.1, 0.15) is 17.5 Å². The largest absolute Gasteiger partial charge is 0.861 e. The first-order valence-corrected chi connectivity index (χ1v) is 9.08. The van der Waals surface area contributed by atoms with Crippen LogP contribution in [0.15, 0.2) is 65.0 Å². The molecule has 0 saturated heterocycles. The summed E-state index contributed by atoms with van der Waals surface area (Å²) >= 11 is 0. The molecule has 32 heavy (non-hydrogen) atoms. The van der Waals surface area contributed by atoms with E-state index in [1.807, 2.05) is 0 Å². The lowest BCUT2D eigenvalue weighted by atomic mass is 9.95. The number of nitrogens with zero attached hydrogens (tertiary/aromatic N) is 1. The van der Waals surface area contributed by atoms with Crippen LogP contribution in [0.2, 0.25) is 0 Å². The van der Waals surface area contributed by atoms with Crippen LogP contribution in [0.5, 0.6) is 5.75 Å². The Bertz CT molecular complexity index is 952. The molecule has 1 atom stereocenters. The van der Waals surface area contributed by atoms with Gasteiger partial charge in [0.15, 0.2) is 0 Å². The van der Waals surface area contributed by atoms with E-state index in [1.54, 1.807) is 5.94 Å². The molecule has 0 saturated carbocycles. The normalized spacial score (nSPS) is 17.3. The highest BCUT2D eigenvalue weighted by molar-refractivity contribution is 5.85. The molecule has 0 spiro atoms. The summed E-state index contributed by atoms with van der Waals surface area (Å²) in [6.07, 6.45) is -4.05. The topological polar surface area (TPSA) is 71.0 Å². The van der Waals surface area contributed by atoms with Crippen molar-refractivity contribution >= 4 is 17.9 Å². The summed E-state index contributed by atoms with van der Waals surface area (Å²) in [6.45, 7) is -0.222. The number of aliphatic imine (C=N–C) groups is 1. The van der Waals surface area contributed by atoms with Gasteiger partial charge in [0, 0.05) is 18.5 Å². The molecule has 0 fully saturated rings. The fourth-order valence-electron chi connectivity index (χ4n) is 2.50. The Balaban J connectivity index is 1.95. The molecule has 0 N–H and O–H groups in total. The Morgan fingerprint density at radius 1 is 1.16 bits per heavy atom. The van der Waals surface area contributed by atoms with Crippen LogP contribution in [0.3, 0.4) is 0 Å². The Morgan fingerprint density at radius 3 is 2.44 bits per heavy atom. The maximum atomic E-state index is 12.2. The second-order valence-electron chi connectivity index (χ2n) is 6.41. The number of allylic oxidation sites excluding steroid dienone is 2. The van der Waals surface area contributed by atoms with Crippen LogP contribution in [0.1, 0.15) is 18.4 Å². The summed E-state index contributed by atoms with van der Waals surface area (Å²) in [5, 5.41) is 12.2. The molecule has 1 aliphatic carbocycles. The fraction of sp³-hybridized carbons (Fsp3) is 0.286. The van der Waals surface area contributed by atoms with E-state index in [-0.39, 0.29) is 24.4 Å². The van der Waals surface area contributed by atoms with E-state index in [9.17, 15) is 36.2 Å². The third kappa shape index (κ3) is 8.73. The zero-order chi connectivity index (χ0) is 23.8. The quantitative estimate of drug-likeness (QED) is 0.188. The minimum Gasteiger partial charge on any atom is -0.861 e. The molecule has 0 radical (unpaired) electrons. The monoisotopic (exact) mass is 460 g/mol. The lowest BCUT2D eigenvalue weighted by Crippen LogP contribution is -2.28. The number of carbonyl (C=O) groups excluding carboxylic acids is 1. The Labute approximate surface area is 178 Å². The van der Waals surface area contributed by atoms with Gasteiger partial charge in [0.2, 0.25) is 0 Å². The Morgan fingerprint density at radius 2 is 1.84 bits per heavy atom. The van der Waals surface area contributed by atoms with Crippen molar-refractivity contribution in [3.8, 4) is 5.75 Å². The predicted molar refractivity (Wildman–Crippen MR) is 101 cm³/mol. The van der Waals surface area contributed by atoms with Crippen LogP contribution in [-0.4, -0.2) is 31.0 Å². The summed E-state index contributed by atoms with van der Waals surface area (Å²) in [7, 11) is 0. The van der Waals surface area contributed by atoms with Gasteiger partial charge in [-0.15, -0.1) is 13.2 Å². The van der Waals surface area contributed by atoms with Gasteiger partial charge in [0.05, 0.1) is 12.2 Å². The van der Waals surface area contributed by atoms with Gasteiger partial charge in [-0.05, 0) is 48.2 Å². The Kier molecular flexibility index (Phi) is 8.31. The van der Waals surface area contributed by atoms with Crippen molar-refractivity contribution in [1.29, 1.82) is 0 Å². The van der Waals surface area contributed by atoms with E-state index in [0.717, 1.165) is 18.3 Å². The second-order valence-corrected chi connectivity index (χ2v) is 6.41. The van der Waals surface area contributed by atoms with Crippen LogP contribution in [-0.2, 0) is 9.53 Å². The van der Waals surface area contributed by atoms with E-state index in [4.69, 9.17) is 4.74 Å². The highest BCUT2D eigenvalue weighted by Gasteiger charge is 2.31. The number of benzene rings is 1. The van der Waals surface area contributed by atoms with Crippen LogP contribution in [0.25, 0.3) is 6.08 Å². The number of halogens is 6. The second kappa shape index (κ2) is 10.7. The first kappa shape index (κ1) is 24.8. The summed E-state index contributed by atoms with van der Waals surface area (Å²) in [5.74, 6) is -0.481. The van der Waals surface area contributed by atoms with Gasteiger partial charge >= 0.3 is 12.5 Å². The summed E-state index contributed by atoms with van der Waals surface area (Å²) in [6, 6.07) is 4.82. The molecule has 0 aromatic heterocycles. The maximum Gasteiger partial charge on any atom is 0.573 e. The van der Waals surface area contributed by atoms with Crippen LogP contribution >= 0.6 is 0 Å². The van der Waals surface area contributed by atoms with Crippen LogP contribution in [0, 0.1) is 5.92 Å². The minimum atomic E-state index is -4.81. The molecular weight excluding hydrogens is 444 g/mol. The summed E-state index contributed by atoms with van der Waals surface area (Å²) < 4.78 is 81.7. The van der Waals surface area contributed by atoms with E-state index in [0.29, 0.717) is 5.56 Å². The minimum absolute atomic E-state index is 0.103. The first-order chi connectivity index (χ1) is 15.0. The number of hydrogen-bond donors (Lipinski definition) is 0. The van der Waals surface area contributed by atoms with Gasteiger partial charge in [0.25, 0.3) is 0 Å². The lowest BCUT2D eigenvalue weighted by Gasteiger charge is -2.22. The molecular formula is C21H16F6NO4-. The standard InChI is InChI=1S/C21H17F6NO4/c22-20(23,24)9-1-11-31-17-6-7-18(15(12-17)13-29)19(30)28-10-8-14-2-4-16(5-3-14)32-21(25,26)27/h2-8,10,12,18H,1,9,11H2,(H,28,30)/p-1. The lowest BCUT2D eigenvalue weighted by molar-refractivity contribution is -0.274. The molecule has 0 bridgehead atoms. The van der Waals surface area contributed by atoms with Crippen molar-refractivity contribution in [2.75, 3.05) is 6.61 Å². The van der Waals surface area contributed by atoms with Crippen molar-refractivity contribution in [1.82, 2.24) is 0 Å². The van der Waals surface area contributed by atoms with E-state index < -0.39 is 36.5 Å². The van der Waals surface area contributed by atoms with Crippen LogP contribution < -0.4 is 9.84 Å². The van der Waals surface area contributed by atoms with E-state index in [1.165, 1.54) is 36.4 Å². The van der Waals surface area contributed by atoms with Crippen molar-refractivity contribution in [2.45, 2.75) is 25.4 Å². The number of hydrogen-bond acceptors (Lipinski definition) is 5. The number of alkyl halides is 6. The number of rotatable bonds is 8. The molecule has 0 heterocycles. The van der Waals surface area contributed by atoms with Crippen molar-refractivity contribution < 1.29 is 45.7 Å². The molecule has 1 unspecified atom stereocenters. The summed E-state index contributed by atoms with van der Waals surface area (Å²) in [4.78, 5) is 14.8. The molecule has 1 aromatic rings.